The van der Waals surface area contributed by atoms with Crippen LogP contribution in [0.25, 0.3) is 0 Å². The summed E-state index contributed by atoms with van der Waals surface area (Å²) in [4.78, 5) is 1.25. The van der Waals surface area contributed by atoms with E-state index in [1.54, 1.807) is 19.1 Å². The minimum atomic E-state index is 0.956. The maximum atomic E-state index is 5.23. The predicted octanol–water partition coefficient (Wildman–Crippen LogP) is 2.54. The lowest BCUT2D eigenvalue weighted by atomic mass is 10.1. The zero-order valence-electron chi connectivity index (χ0n) is 8.47. The molecule has 0 amide bonds. The molecule has 1 rings (SSSR count). The lowest BCUT2D eigenvalue weighted by Crippen LogP contribution is -1.95. The summed E-state index contributed by atoms with van der Waals surface area (Å²) in [6, 6.07) is 4.20. The fourth-order valence-corrected chi connectivity index (χ4v) is 1.88. The summed E-state index contributed by atoms with van der Waals surface area (Å²) >= 11 is 1.63. The van der Waals surface area contributed by atoms with Gasteiger partial charge >= 0.3 is 0 Å². The second-order valence-electron chi connectivity index (χ2n) is 2.89. The van der Waals surface area contributed by atoms with Crippen molar-refractivity contribution in [3.05, 3.63) is 23.3 Å². The van der Waals surface area contributed by atoms with Gasteiger partial charge in [0.25, 0.3) is 0 Å². The maximum absolute atomic E-state index is 5.23. The standard InChI is InChI=1S/C10H15NOS/c1-7-6-10(13-11-3)8(2)5-9(7)12-4/h5-6,11H,1-4H3. The molecule has 0 aromatic heterocycles. The van der Waals surface area contributed by atoms with Crippen LogP contribution in [0, 0.1) is 13.8 Å². The minimum absolute atomic E-state index is 0.956. The van der Waals surface area contributed by atoms with Crippen molar-refractivity contribution in [3.63, 3.8) is 0 Å². The molecule has 0 atom stereocenters. The van der Waals surface area contributed by atoms with Crippen molar-refractivity contribution in [1.29, 1.82) is 0 Å². The highest BCUT2D eigenvalue weighted by molar-refractivity contribution is 7.97. The van der Waals surface area contributed by atoms with Gasteiger partial charge in [0.1, 0.15) is 5.75 Å². The topological polar surface area (TPSA) is 21.3 Å². The van der Waals surface area contributed by atoms with Crippen LogP contribution in [0.1, 0.15) is 11.1 Å². The van der Waals surface area contributed by atoms with Crippen LogP contribution in [0.5, 0.6) is 5.75 Å². The number of rotatable bonds is 3. The number of ether oxygens (including phenoxy) is 1. The number of benzene rings is 1. The molecular formula is C10H15NOS. The third-order valence-electron chi connectivity index (χ3n) is 1.90. The monoisotopic (exact) mass is 197 g/mol. The quantitative estimate of drug-likeness (QED) is 0.752. The Balaban J connectivity index is 3.05. The molecule has 1 N–H and O–H groups in total. The van der Waals surface area contributed by atoms with Gasteiger partial charge < -0.3 is 4.74 Å². The van der Waals surface area contributed by atoms with Crippen LogP contribution >= 0.6 is 11.9 Å². The molecule has 1 aromatic carbocycles. The Kier molecular flexibility index (Phi) is 3.63. The van der Waals surface area contributed by atoms with Gasteiger partial charge in [0, 0.05) is 4.90 Å². The van der Waals surface area contributed by atoms with Gasteiger partial charge in [-0.05, 0) is 56.1 Å². The molecule has 13 heavy (non-hydrogen) atoms. The van der Waals surface area contributed by atoms with E-state index in [1.165, 1.54) is 16.0 Å². The van der Waals surface area contributed by atoms with Crippen molar-refractivity contribution in [3.8, 4) is 5.75 Å². The summed E-state index contributed by atoms with van der Waals surface area (Å²) in [5.41, 5.74) is 2.41. The van der Waals surface area contributed by atoms with E-state index < -0.39 is 0 Å². The first-order chi connectivity index (χ1) is 6.19. The zero-order valence-corrected chi connectivity index (χ0v) is 9.29. The summed E-state index contributed by atoms with van der Waals surface area (Å²) in [7, 11) is 3.62. The molecule has 0 heterocycles. The van der Waals surface area contributed by atoms with Crippen LogP contribution in [-0.2, 0) is 0 Å². The lowest BCUT2D eigenvalue weighted by molar-refractivity contribution is 0.411. The van der Waals surface area contributed by atoms with Gasteiger partial charge in [-0.3, -0.25) is 4.72 Å². The fourth-order valence-electron chi connectivity index (χ4n) is 1.20. The summed E-state index contributed by atoms with van der Waals surface area (Å²) < 4.78 is 8.29. The number of hydrogen-bond donors (Lipinski definition) is 1. The Bertz CT molecular complexity index is 299. The second kappa shape index (κ2) is 4.53. The van der Waals surface area contributed by atoms with E-state index >= 15 is 0 Å². The minimum Gasteiger partial charge on any atom is -0.496 e. The normalized spacial score (nSPS) is 10.2. The van der Waals surface area contributed by atoms with Crippen LogP contribution in [-0.4, -0.2) is 14.2 Å². The number of aryl methyl sites for hydroxylation is 2. The van der Waals surface area contributed by atoms with E-state index in [0.29, 0.717) is 0 Å². The zero-order chi connectivity index (χ0) is 9.84. The molecule has 2 nitrogen and oxygen atoms in total. The second-order valence-corrected chi connectivity index (χ2v) is 3.95. The van der Waals surface area contributed by atoms with Gasteiger partial charge in [0.05, 0.1) is 7.11 Å². The Labute approximate surface area is 83.8 Å². The molecule has 0 bridgehead atoms. The summed E-state index contributed by atoms with van der Waals surface area (Å²) in [5, 5.41) is 0. The molecule has 72 valence electrons. The van der Waals surface area contributed by atoms with Crippen molar-refractivity contribution in [2.45, 2.75) is 18.7 Å². The lowest BCUT2D eigenvalue weighted by Gasteiger charge is -2.09. The van der Waals surface area contributed by atoms with Crippen LogP contribution in [0.15, 0.2) is 17.0 Å². The molecule has 3 heteroatoms. The third-order valence-corrected chi connectivity index (χ3v) is 2.77. The maximum Gasteiger partial charge on any atom is 0.122 e. The number of methoxy groups -OCH3 is 1. The first kappa shape index (κ1) is 10.4. The predicted molar refractivity (Wildman–Crippen MR) is 57.4 cm³/mol. The van der Waals surface area contributed by atoms with E-state index in [4.69, 9.17) is 4.74 Å². The van der Waals surface area contributed by atoms with Gasteiger partial charge in [-0.1, -0.05) is 0 Å². The number of nitrogens with one attached hydrogen (secondary N) is 1. The molecule has 0 aliphatic rings. The van der Waals surface area contributed by atoms with Crippen LogP contribution in [0.3, 0.4) is 0 Å². The van der Waals surface area contributed by atoms with Crippen LogP contribution in [0.4, 0.5) is 0 Å². The Morgan fingerprint density at radius 2 is 1.92 bits per heavy atom. The van der Waals surface area contributed by atoms with Crippen molar-refractivity contribution >= 4 is 11.9 Å². The smallest absolute Gasteiger partial charge is 0.122 e. The molecular weight excluding hydrogens is 182 g/mol. The number of hydrogen-bond acceptors (Lipinski definition) is 3. The third kappa shape index (κ3) is 2.39. The van der Waals surface area contributed by atoms with E-state index in [0.717, 1.165) is 5.75 Å². The van der Waals surface area contributed by atoms with E-state index in [9.17, 15) is 0 Å². The fraction of sp³-hybridized carbons (Fsp3) is 0.400. The van der Waals surface area contributed by atoms with Crippen molar-refractivity contribution < 1.29 is 4.74 Å². The highest BCUT2D eigenvalue weighted by Gasteiger charge is 2.04. The van der Waals surface area contributed by atoms with Gasteiger partial charge in [-0.2, -0.15) is 0 Å². The molecule has 0 spiro atoms. The largest absolute Gasteiger partial charge is 0.496 e. The average molecular weight is 197 g/mol. The van der Waals surface area contributed by atoms with E-state index in [-0.39, 0.29) is 0 Å². The molecule has 0 aliphatic heterocycles. The summed E-state index contributed by atoms with van der Waals surface area (Å²) in [6.07, 6.45) is 0. The highest BCUT2D eigenvalue weighted by Crippen LogP contribution is 2.27. The van der Waals surface area contributed by atoms with Crippen LogP contribution < -0.4 is 9.46 Å². The molecule has 0 fully saturated rings. The molecule has 0 saturated heterocycles. The first-order valence-electron chi connectivity index (χ1n) is 4.18. The Morgan fingerprint density at radius 3 is 2.46 bits per heavy atom. The molecule has 0 saturated carbocycles. The Morgan fingerprint density at radius 1 is 1.23 bits per heavy atom. The van der Waals surface area contributed by atoms with Gasteiger partial charge in [0.2, 0.25) is 0 Å². The van der Waals surface area contributed by atoms with Crippen molar-refractivity contribution in [2.24, 2.45) is 0 Å². The average Bonchev–Trinajstić information content (AvgIpc) is 2.11. The van der Waals surface area contributed by atoms with Gasteiger partial charge in [0.15, 0.2) is 0 Å². The van der Waals surface area contributed by atoms with E-state index in [1.807, 2.05) is 7.05 Å². The summed E-state index contributed by atoms with van der Waals surface area (Å²) in [6.45, 7) is 4.14. The molecule has 1 aromatic rings. The molecule has 0 unspecified atom stereocenters. The van der Waals surface area contributed by atoms with Crippen molar-refractivity contribution in [2.75, 3.05) is 14.2 Å². The SMILES string of the molecule is CNSc1cc(C)c(OC)cc1C. The molecule has 0 radical (unpaired) electrons. The van der Waals surface area contributed by atoms with Gasteiger partial charge in [-0.25, -0.2) is 0 Å². The first-order valence-corrected chi connectivity index (χ1v) is 4.99. The van der Waals surface area contributed by atoms with Crippen molar-refractivity contribution in [1.82, 2.24) is 4.72 Å². The molecule has 0 aliphatic carbocycles. The Hall–Kier alpha value is -0.670. The summed E-state index contributed by atoms with van der Waals surface area (Å²) in [5.74, 6) is 0.956. The van der Waals surface area contributed by atoms with E-state index in [2.05, 4.69) is 30.7 Å². The highest BCUT2D eigenvalue weighted by atomic mass is 32.2. The van der Waals surface area contributed by atoms with Crippen LogP contribution in [0.2, 0.25) is 0 Å². The van der Waals surface area contributed by atoms with Gasteiger partial charge in [-0.15, -0.1) is 0 Å².